The number of nitrogens with two attached hydrogens (primary N) is 1. The van der Waals surface area contributed by atoms with Gasteiger partial charge in [0.15, 0.2) is 0 Å². The Kier molecular flexibility index (Phi) is 5.72. The zero-order valence-electron chi connectivity index (χ0n) is 6.99. The van der Waals surface area contributed by atoms with Crippen molar-refractivity contribution in [1.29, 1.82) is 0 Å². The van der Waals surface area contributed by atoms with Gasteiger partial charge in [0.05, 0.1) is 5.54 Å². The predicted molar refractivity (Wildman–Crippen MR) is 40.3 cm³/mol. The smallest absolute Gasteiger partial charge is 0.149 e. The summed E-state index contributed by atoms with van der Waals surface area (Å²) in [6.45, 7) is 8.87. The van der Waals surface area contributed by atoms with E-state index >= 15 is 0 Å². The fourth-order valence-corrected chi connectivity index (χ4v) is 0. The monoisotopic (exact) mass is 131 g/mol. The van der Waals surface area contributed by atoms with Crippen LogP contribution < -0.4 is 5.73 Å². The summed E-state index contributed by atoms with van der Waals surface area (Å²) in [4.78, 5) is 10.3. The average Bonchev–Trinajstić information content (AvgIpc) is 1.69. The van der Waals surface area contributed by atoms with E-state index in [1.54, 1.807) is 13.8 Å². The lowest BCUT2D eigenvalue weighted by Gasteiger charge is -2.11. The first-order valence-corrected chi connectivity index (χ1v) is 3.24. The molecule has 0 aromatic rings. The van der Waals surface area contributed by atoms with Gasteiger partial charge < -0.3 is 5.73 Å². The van der Waals surface area contributed by atoms with Gasteiger partial charge in [-0.1, -0.05) is 13.8 Å². The second kappa shape index (κ2) is 4.50. The van der Waals surface area contributed by atoms with E-state index in [0.29, 0.717) is 0 Å². The van der Waals surface area contributed by atoms with Crippen LogP contribution in [0.15, 0.2) is 0 Å². The van der Waals surface area contributed by atoms with Crippen LogP contribution in [0, 0.1) is 0 Å². The number of hydrogen-bond donors (Lipinski definition) is 1. The van der Waals surface area contributed by atoms with E-state index in [4.69, 9.17) is 5.73 Å². The maximum atomic E-state index is 10.3. The van der Waals surface area contributed by atoms with Crippen LogP contribution in [0.25, 0.3) is 0 Å². The summed E-state index contributed by atoms with van der Waals surface area (Å²) in [5.74, 6) is 0.0208. The second-order valence-corrected chi connectivity index (χ2v) is 2.28. The van der Waals surface area contributed by atoms with Crippen molar-refractivity contribution in [2.24, 2.45) is 5.73 Å². The molecule has 2 N–H and O–H groups in total. The number of Topliss-reactive ketones (excluding diaryl/α,β-unsaturated/α-hetero) is 1. The van der Waals surface area contributed by atoms with Gasteiger partial charge in [0, 0.05) is 0 Å². The zero-order chi connectivity index (χ0) is 8.08. The molecule has 0 atom stereocenters. The summed E-state index contributed by atoms with van der Waals surface area (Å²) in [6.07, 6.45) is 0. The Bertz CT molecular complexity index is 81.4. The number of carbonyl (C=O) groups excluding carboxylic acids is 1. The summed E-state index contributed by atoms with van der Waals surface area (Å²) in [5.41, 5.74) is 4.69. The van der Waals surface area contributed by atoms with Crippen molar-refractivity contribution in [3.8, 4) is 0 Å². The van der Waals surface area contributed by atoms with Crippen molar-refractivity contribution in [1.82, 2.24) is 0 Å². The molecule has 0 unspecified atom stereocenters. The van der Waals surface area contributed by atoms with Crippen LogP contribution in [0.5, 0.6) is 0 Å². The van der Waals surface area contributed by atoms with Gasteiger partial charge in [-0.25, -0.2) is 0 Å². The molecule has 9 heavy (non-hydrogen) atoms. The maximum absolute atomic E-state index is 10.3. The highest BCUT2D eigenvalue weighted by atomic mass is 16.1. The van der Waals surface area contributed by atoms with Gasteiger partial charge >= 0.3 is 0 Å². The molecule has 0 aliphatic heterocycles. The van der Waals surface area contributed by atoms with Crippen molar-refractivity contribution in [2.75, 3.05) is 0 Å². The number of carbonyl (C=O) groups is 1. The van der Waals surface area contributed by atoms with Crippen LogP contribution in [0.1, 0.15) is 34.6 Å². The third-order valence-corrected chi connectivity index (χ3v) is 0.907. The molecule has 0 radical (unpaired) electrons. The number of rotatable bonds is 1. The predicted octanol–water partition coefficient (Wildman–Crippen LogP) is 1.34. The fraction of sp³-hybridized carbons (Fsp3) is 0.857. The Morgan fingerprint density at radius 3 is 1.44 bits per heavy atom. The normalized spacial score (nSPS) is 9.56. The largest absolute Gasteiger partial charge is 0.319 e. The third-order valence-electron chi connectivity index (χ3n) is 0.907. The first kappa shape index (κ1) is 11.4. The van der Waals surface area contributed by atoms with Gasteiger partial charge in [-0.2, -0.15) is 0 Å². The fourth-order valence-electron chi connectivity index (χ4n) is 0. The molecule has 56 valence electrons. The highest BCUT2D eigenvalue weighted by Gasteiger charge is 2.15. The molecule has 2 nitrogen and oxygen atoms in total. The van der Waals surface area contributed by atoms with Crippen molar-refractivity contribution in [3.63, 3.8) is 0 Å². The van der Waals surface area contributed by atoms with Gasteiger partial charge in [-0.05, 0) is 20.8 Å². The molecule has 0 aliphatic carbocycles. The molecule has 0 saturated heterocycles. The molecule has 0 aromatic carbocycles. The highest BCUT2D eigenvalue weighted by Crippen LogP contribution is 1.95. The second-order valence-electron chi connectivity index (χ2n) is 2.28. The van der Waals surface area contributed by atoms with Crippen LogP contribution in [0.3, 0.4) is 0 Å². The van der Waals surface area contributed by atoms with Gasteiger partial charge in [-0.15, -0.1) is 0 Å². The Labute approximate surface area is 57.4 Å². The summed E-state index contributed by atoms with van der Waals surface area (Å²) < 4.78 is 0. The van der Waals surface area contributed by atoms with Crippen molar-refractivity contribution in [2.45, 2.75) is 40.2 Å². The molecule has 0 rings (SSSR count). The minimum absolute atomic E-state index is 0.0208. The van der Waals surface area contributed by atoms with E-state index in [2.05, 4.69) is 0 Å². The van der Waals surface area contributed by atoms with E-state index < -0.39 is 5.54 Å². The first-order chi connectivity index (χ1) is 3.94. The van der Waals surface area contributed by atoms with Gasteiger partial charge in [0.25, 0.3) is 0 Å². The molecule has 0 saturated carbocycles. The standard InChI is InChI=1S/C5H11NO.C2H6/c1-4(7)5(2,3)6;1-2/h6H2,1-3H3;1-2H3. The summed E-state index contributed by atoms with van der Waals surface area (Å²) in [6, 6.07) is 0. The summed E-state index contributed by atoms with van der Waals surface area (Å²) >= 11 is 0. The molecule has 2 heteroatoms. The minimum atomic E-state index is -0.639. The molecule has 0 bridgehead atoms. The van der Waals surface area contributed by atoms with Gasteiger partial charge in [-0.3, -0.25) is 4.79 Å². The molecular weight excluding hydrogens is 114 g/mol. The molecule has 0 amide bonds. The van der Waals surface area contributed by atoms with Crippen molar-refractivity contribution >= 4 is 5.78 Å². The van der Waals surface area contributed by atoms with Crippen LogP contribution in [-0.2, 0) is 4.79 Å². The van der Waals surface area contributed by atoms with Crippen LogP contribution >= 0.6 is 0 Å². The van der Waals surface area contributed by atoms with E-state index in [1.807, 2.05) is 13.8 Å². The molecule has 0 aromatic heterocycles. The van der Waals surface area contributed by atoms with Crippen LogP contribution in [0.4, 0.5) is 0 Å². The molecule has 0 heterocycles. The molecule has 0 spiro atoms. The maximum Gasteiger partial charge on any atom is 0.149 e. The highest BCUT2D eigenvalue weighted by molar-refractivity contribution is 5.84. The zero-order valence-corrected chi connectivity index (χ0v) is 6.99. The molecular formula is C7H17NO. The SMILES string of the molecule is CC.CC(=O)C(C)(C)N. The molecule has 0 fully saturated rings. The first-order valence-electron chi connectivity index (χ1n) is 3.24. The van der Waals surface area contributed by atoms with Gasteiger partial charge in [0.1, 0.15) is 5.78 Å². The topological polar surface area (TPSA) is 43.1 Å². The van der Waals surface area contributed by atoms with E-state index in [0.717, 1.165) is 0 Å². The van der Waals surface area contributed by atoms with Crippen molar-refractivity contribution < 1.29 is 4.79 Å². The lowest BCUT2D eigenvalue weighted by molar-refractivity contribution is -0.120. The number of hydrogen-bond acceptors (Lipinski definition) is 2. The Balaban J connectivity index is 0. The quantitative estimate of drug-likeness (QED) is 0.583. The minimum Gasteiger partial charge on any atom is -0.319 e. The summed E-state index contributed by atoms with van der Waals surface area (Å²) in [5, 5.41) is 0. The third kappa shape index (κ3) is 7.63. The van der Waals surface area contributed by atoms with E-state index in [-0.39, 0.29) is 5.78 Å². The lowest BCUT2D eigenvalue weighted by Crippen LogP contribution is -2.39. The molecule has 0 aliphatic rings. The lowest BCUT2D eigenvalue weighted by atomic mass is 10.0. The van der Waals surface area contributed by atoms with E-state index in [1.165, 1.54) is 6.92 Å². The Morgan fingerprint density at radius 1 is 1.33 bits per heavy atom. The van der Waals surface area contributed by atoms with Crippen molar-refractivity contribution in [3.05, 3.63) is 0 Å². The Morgan fingerprint density at radius 2 is 1.44 bits per heavy atom. The summed E-state index contributed by atoms with van der Waals surface area (Å²) in [7, 11) is 0. The van der Waals surface area contributed by atoms with Gasteiger partial charge in [0.2, 0.25) is 0 Å². The average molecular weight is 131 g/mol. The van der Waals surface area contributed by atoms with E-state index in [9.17, 15) is 4.79 Å². The number of ketones is 1. The van der Waals surface area contributed by atoms with Crippen LogP contribution in [-0.4, -0.2) is 11.3 Å². The Hall–Kier alpha value is -0.370. The van der Waals surface area contributed by atoms with Crippen LogP contribution in [0.2, 0.25) is 0 Å².